The van der Waals surface area contributed by atoms with Gasteiger partial charge in [0.25, 0.3) is 0 Å². The predicted octanol–water partition coefficient (Wildman–Crippen LogP) is 3.23. The van der Waals surface area contributed by atoms with Crippen molar-refractivity contribution in [3.05, 3.63) is 34.9 Å². The topological polar surface area (TPSA) is 35.5 Å². The third kappa shape index (κ3) is 4.32. The SMILES string of the molecule is CC(C)(C)OOC(=O)c1ccc(Cl)cc1. The Kier molecular flexibility index (Phi) is 3.72. The smallest absolute Gasteiger partial charge is 0.292 e. The van der Waals surface area contributed by atoms with Crippen molar-refractivity contribution in [2.45, 2.75) is 26.4 Å². The number of carbonyl (C=O) groups is 1. The number of rotatable bonds is 2. The first-order chi connectivity index (χ1) is 6.88. The molecule has 4 heteroatoms. The van der Waals surface area contributed by atoms with Crippen molar-refractivity contribution in [1.82, 2.24) is 0 Å². The largest absolute Gasteiger partial charge is 0.373 e. The van der Waals surface area contributed by atoms with Crippen molar-refractivity contribution in [3.63, 3.8) is 0 Å². The van der Waals surface area contributed by atoms with E-state index in [0.29, 0.717) is 10.6 Å². The van der Waals surface area contributed by atoms with Crippen molar-refractivity contribution in [1.29, 1.82) is 0 Å². The summed E-state index contributed by atoms with van der Waals surface area (Å²) in [4.78, 5) is 21.0. The van der Waals surface area contributed by atoms with Crippen LogP contribution in [0.15, 0.2) is 24.3 Å². The van der Waals surface area contributed by atoms with Crippen LogP contribution in [0.5, 0.6) is 0 Å². The lowest BCUT2D eigenvalue weighted by atomic mass is 10.2. The zero-order valence-corrected chi connectivity index (χ0v) is 9.67. The summed E-state index contributed by atoms with van der Waals surface area (Å²) in [6, 6.07) is 6.40. The molecular weight excluding hydrogens is 216 g/mol. The van der Waals surface area contributed by atoms with E-state index in [1.54, 1.807) is 45.0 Å². The molecule has 0 atom stereocenters. The predicted molar refractivity (Wildman–Crippen MR) is 57.7 cm³/mol. The van der Waals surface area contributed by atoms with Gasteiger partial charge in [0.15, 0.2) is 0 Å². The lowest BCUT2D eigenvalue weighted by Gasteiger charge is -2.16. The molecular formula is C11H13ClO3. The second kappa shape index (κ2) is 4.64. The van der Waals surface area contributed by atoms with Crippen LogP contribution in [0.2, 0.25) is 5.02 Å². The average Bonchev–Trinajstić information content (AvgIpc) is 2.14. The maximum Gasteiger partial charge on any atom is 0.373 e. The fourth-order valence-corrected chi connectivity index (χ4v) is 0.923. The number of benzene rings is 1. The Labute approximate surface area is 93.9 Å². The van der Waals surface area contributed by atoms with Gasteiger partial charge in [-0.05, 0) is 45.0 Å². The van der Waals surface area contributed by atoms with Crippen LogP contribution in [0, 0.1) is 0 Å². The summed E-state index contributed by atoms with van der Waals surface area (Å²) in [5.74, 6) is -0.526. The summed E-state index contributed by atoms with van der Waals surface area (Å²) in [7, 11) is 0. The molecule has 1 rings (SSSR count). The van der Waals surface area contributed by atoms with E-state index >= 15 is 0 Å². The van der Waals surface area contributed by atoms with Gasteiger partial charge in [-0.15, -0.1) is 0 Å². The molecule has 0 saturated carbocycles. The Balaban J connectivity index is 2.58. The van der Waals surface area contributed by atoms with Gasteiger partial charge in [0.1, 0.15) is 5.60 Å². The lowest BCUT2D eigenvalue weighted by Crippen LogP contribution is -2.21. The summed E-state index contributed by atoms with van der Waals surface area (Å²) in [5.41, 5.74) is -0.106. The monoisotopic (exact) mass is 228 g/mol. The molecule has 0 amide bonds. The van der Waals surface area contributed by atoms with Crippen molar-refractivity contribution in [3.8, 4) is 0 Å². The van der Waals surface area contributed by atoms with E-state index < -0.39 is 11.6 Å². The molecule has 0 fully saturated rings. The lowest BCUT2D eigenvalue weighted by molar-refractivity contribution is -0.301. The molecule has 0 aliphatic carbocycles. The Morgan fingerprint density at radius 3 is 2.20 bits per heavy atom. The van der Waals surface area contributed by atoms with Crippen LogP contribution < -0.4 is 0 Å². The quantitative estimate of drug-likeness (QED) is 0.576. The van der Waals surface area contributed by atoms with Gasteiger partial charge in [0, 0.05) is 5.02 Å². The number of hydrogen-bond donors (Lipinski definition) is 0. The molecule has 0 saturated heterocycles. The van der Waals surface area contributed by atoms with Gasteiger partial charge >= 0.3 is 5.97 Å². The maximum absolute atomic E-state index is 11.4. The van der Waals surface area contributed by atoms with E-state index in [4.69, 9.17) is 16.5 Å². The van der Waals surface area contributed by atoms with Crippen molar-refractivity contribution in [2.24, 2.45) is 0 Å². The fourth-order valence-electron chi connectivity index (χ4n) is 0.797. The average molecular weight is 229 g/mol. The Bertz CT molecular complexity index is 338. The van der Waals surface area contributed by atoms with E-state index in [9.17, 15) is 4.79 Å². The van der Waals surface area contributed by atoms with Crippen LogP contribution >= 0.6 is 11.6 Å². The summed E-state index contributed by atoms with van der Waals surface area (Å²) in [5, 5.41) is 0.572. The highest BCUT2D eigenvalue weighted by Gasteiger charge is 2.16. The van der Waals surface area contributed by atoms with Crippen molar-refractivity contribution >= 4 is 17.6 Å². The first kappa shape index (κ1) is 12.0. The second-order valence-electron chi connectivity index (χ2n) is 4.07. The molecule has 0 bridgehead atoms. The molecule has 3 nitrogen and oxygen atoms in total. The molecule has 0 aliphatic heterocycles. The molecule has 0 unspecified atom stereocenters. The minimum Gasteiger partial charge on any atom is -0.292 e. The van der Waals surface area contributed by atoms with Gasteiger partial charge in [-0.25, -0.2) is 4.79 Å². The molecule has 1 aromatic rings. The van der Waals surface area contributed by atoms with Gasteiger partial charge in [0.05, 0.1) is 5.56 Å². The maximum atomic E-state index is 11.4. The number of hydrogen-bond acceptors (Lipinski definition) is 3. The van der Waals surface area contributed by atoms with Gasteiger partial charge < -0.3 is 0 Å². The van der Waals surface area contributed by atoms with Gasteiger partial charge in [-0.3, -0.25) is 4.89 Å². The second-order valence-corrected chi connectivity index (χ2v) is 4.51. The highest BCUT2D eigenvalue weighted by molar-refractivity contribution is 6.30. The molecule has 0 aliphatic rings. The fraction of sp³-hybridized carbons (Fsp3) is 0.364. The molecule has 0 N–H and O–H groups in total. The molecule has 0 heterocycles. The zero-order valence-electron chi connectivity index (χ0n) is 8.91. The third-order valence-electron chi connectivity index (χ3n) is 1.45. The van der Waals surface area contributed by atoms with Crippen molar-refractivity contribution < 1.29 is 14.6 Å². The van der Waals surface area contributed by atoms with Crippen LogP contribution in [-0.2, 0) is 9.78 Å². The Hall–Kier alpha value is -1.06. The number of halogens is 1. The first-order valence-electron chi connectivity index (χ1n) is 4.54. The highest BCUT2D eigenvalue weighted by atomic mass is 35.5. The third-order valence-corrected chi connectivity index (χ3v) is 1.70. The summed E-state index contributed by atoms with van der Waals surface area (Å²) in [6.45, 7) is 5.38. The minimum atomic E-state index is -0.526. The standard InChI is InChI=1S/C11H13ClO3/c1-11(2,3)15-14-10(13)8-4-6-9(12)7-5-8/h4-7H,1-3H3. The number of carbonyl (C=O) groups excluding carboxylic acids is 1. The van der Waals surface area contributed by atoms with Crippen LogP contribution in [0.4, 0.5) is 0 Å². The van der Waals surface area contributed by atoms with Gasteiger partial charge in [0.2, 0.25) is 0 Å². The Morgan fingerprint density at radius 1 is 1.20 bits per heavy atom. The van der Waals surface area contributed by atoms with E-state index in [-0.39, 0.29) is 0 Å². The summed E-state index contributed by atoms with van der Waals surface area (Å²) < 4.78 is 0. The van der Waals surface area contributed by atoms with Gasteiger partial charge in [-0.2, -0.15) is 4.89 Å². The van der Waals surface area contributed by atoms with Crippen LogP contribution in [0.1, 0.15) is 31.1 Å². The van der Waals surface area contributed by atoms with Crippen LogP contribution in [0.25, 0.3) is 0 Å². The minimum absolute atomic E-state index is 0.406. The summed E-state index contributed by atoms with van der Waals surface area (Å²) >= 11 is 5.68. The molecule has 82 valence electrons. The highest BCUT2D eigenvalue weighted by Crippen LogP contribution is 2.13. The molecule has 1 aromatic carbocycles. The molecule has 0 radical (unpaired) electrons. The first-order valence-corrected chi connectivity index (χ1v) is 4.92. The van der Waals surface area contributed by atoms with Crippen LogP contribution in [-0.4, -0.2) is 11.6 Å². The van der Waals surface area contributed by atoms with E-state index in [2.05, 4.69) is 4.89 Å². The molecule has 0 spiro atoms. The van der Waals surface area contributed by atoms with Crippen LogP contribution in [0.3, 0.4) is 0 Å². The van der Waals surface area contributed by atoms with E-state index in [0.717, 1.165) is 0 Å². The Morgan fingerprint density at radius 2 is 1.73 bits per heavy atom. The van der Waals surface area contributed by atoms with E-state index in [1.807, 2.05) is 0 Å². The van der Waals surface area contributed by atoms with E-state index in [1.165, 1.54) is 0 Å². The van der Waals surface area contributed by atoms with Gasteiger partial charge in [-0.1, -0.05) is 11.6 Å². The normalized spacial score (nSPS) is 11.2. The molecule has 0 aromatic heterocycles. The molecule has 15 heavy (non-hydrogen) atoms. The summed E-state index contributed by atoms with van der Waals surface area (Å²) in [6.07, 6.45) is 0. The van der Waals surface area contributed by atoms with Crippen molar-refractivity contribution in [2.75, 3.05) is 0 Å². The zero-order chi connectivity index (χ0) is 11.5.